The number of ketones is 1. The van der Waals surface area contributed by atoms with Gasteiger partial charge in [0, 0.05) is 14.1 Å². The maximum absolute atomic E-state index is 13.1. The number of Topliss-reactive ketones (excluding diaryl/α,β-unsaturated/α-hetero) is 1. The van der Waals surface area contributed by atoms with Crippen molar-refractivity contribution in [2.75, 3.05) is 18.9 Å². The molecule has 2 heterocycles. The van der Waals surface area contributed by atoms with Crippen molar-refractivity contribution in [3.8, 4) is 0 Å². The van der Waals surface area contributed by atoms with E-state index in [-0.39, 0.29) is 11.2 Å². The van der Waals surface area contributed by atoms with Gasteiger partial charge in [-0.15, -0.1) is 0 Å². The highest BCUT2D eigenvalue weighted by Crippen LogP contribution is 2.45. The molecule has 3 amide bonds. The first-order chi connectivity index (χ1) is 16.3. The van der Waals surface area contributed by atoms with Crippen molar-refractivity contribution in [1.29, 1.82) is 0 Å². The number of imide groups is 1. The Kier molecular flexibility index (Phi) is 6.96. The van der Waals surface area contributed by atoms with Gasteiger partial charge in [0.15, 0.2) is 6.61 Å². The van der Waals surface area contributed by atoms with Crippen LogP contribution in [0.15, 0.2) is 9.59 Å². The number of carbonyl (C=O) groups is 4. The molecular weight excluding hydrogens is 458 g/mol. The fraction of sp³-hybridized carbons (Fsp3) is 0.652. The lowest BCUT2D eigenvalue weighted by atomic mass is 9.65. The number of nitrogens with one attached hydrogen (secondary N) is 1. The first-order valence-corrected chi connectivity index (χ1v) is 11.6. The number of esters is 1. The maximum Gasteiger partial charge on any atom is 0.332 e. The van der Waals surface area contributed by atoms with Crippen molar-refractivity contribution in [2.24, 2.45) is 25.4 Å². The zero-order valence-electron chi connectivity index (χ0n) is 20.8. The number of hydrogen-bond donors (Lipinski definition) is 2. The molecule has 1 saturated carbocycles. The molecule has 12 heteroatoms. The number of hydrogen-bond acceptors (Lipinski definition) is 8. The lowest BCUT2D eigenvalue weighted by molar-refractivity contribution is -0.147. The van der Waals surface area contributed by atoms with Gasteiger partial charge in [-0.2, -0.15) is 0 Å². The summed E-state index contributed by atoms with van der Waals surface area (Å²) in [6.07, 6.45) is 3.57. The first kappa shape index (κ1) is 26.2. The van der Waals surface area contributed by atoms with E-state index in [4.69, 9.17) is 10.5 Å². The Morgan fingerprint density at radius 1 is 1.11 bits per heavy atom. The zero-order valence-corrected chi connectivity index (χ0v) is 20.8. The molecule has 1 saturated heterocycles. The summed E-state index contributed by atoms with van der Waals surface area (Å²) < 4.78 is 6.58. The van der Waals surface area contributed by atoms with E-state index in [1.54, 1.807) is 0 Å². The number of ether oxygens (including phenoxy) is 1. The van der Waals surface area contributed by atoms with Gasteiger partial charge in [-0.05, 0) is 37.0 Å². The molecule has 0 radical (unpaired) electrons. The summed E-state index contributed by atoms with van der Waals surface area (Å²) in [7, 11) is 2.49. The predicted octanol–water partition coefficient (Wildman–Crippen LogP) is 0.309. The zero-order chi connectivity index (χ0) is 26.3. The number of amides is 3. The van der Waals surface area contributed by atoms with Crippen LogP contribution in [-0.4, -0.2) is 56.4 Å². The number of carbonyl (C=O) groups excluding carboxylic acids is 4. The second-order valence-corrected chi connectivity index (χ2v) is 10.1. The number of nitrogens with zero attached hydrogens (tertiary/aromatic N) is 3. The molecule has 2 aliphatic rings. The van der Waals surface area contributed by atoms with Gasteiger partial charge < -0.3 is 15.8 Å². The molecule has 1 spiro atoms. The van der Waals surface area contributed by atoms with Crippen LogP contribution in [-0.2, 0) is 28.4 Å². The van der Waals surface area contributed by atoms with Crippen LogP contribution in [0.1, 0.15) is 63.2 Å². The van der Waals surface area contributed by atoms with Crippen LogP contribution in [0.5, 0.6) is 0 Å². The molecule has 0 bridgehead atoms. The van der Waals surface area contributed by atoms with Crippen LogP contribution in [0.2, 0.25) is 0 Å². The summed E-state index contributed by atoms with van der Waals surface area (Å²) in [6.45, 7) is 5.04. The lowest BCUT2D eigenvalue weighted by Gasteiger charge is -2.42. The second-order valence-electron chi connectivity index (χ2n) is 10.1. The van der Waals surface area contributed by atoms with Crippen LogP contribution in [0.25, 0.3) is 0 Å². The number of aromatic nitrogens is 2. The molecule has 35 heavy (non-hydrogen) atoms. The summed E-state index contributed by atoms with van der Waals surface area (Å²) in [5.41, 5.74) is 2.75. The molecule has 3 rings (SSSR count). The fourth-order valence-corrected chi connectivity index (χ4v) is 4.85. The fourth-order valence-electron chi connectivity index (χ4n) is 4.85. The molecule has 1 aromatic rings. The monoisotopic (exact) mass is 491 g/mol. The molecule has 1 aliphatic heterocycles. The minimum absolute atomic E-state index is 0.138. The summed E-state index contributed by atoms with van der Waals surface area (Å²) in [5, 5.41) is 2.76. The minimum atomic E-state index is -1.02. The molecule has 12 nitrogen and oxygen atoms in total. The molecule has 1 aromatic heterocycles. The van der Waals surface area contributed by atoms with Gasteiger partial charge in [-0.25, -0.2) is 9.59 Å². The van der Waals surface area contributed by atoms with Crippen molar-refractivity contribution < 1.29 is 23.9 Å². The predicted molar refractivity (Wildman–Crippen MR) is 126 cm³/mol. The van der Waals surface area contributed by atoms with Crippen LogP contribution in [0.3, 0.4) is 0 Å². The number of urea groups is 1. The molecule has 3 N–H and O–H groups in total. The maximum atomic E-state index is 13.1. The Morgan fingerprint density at radius 2 is 1.71 bits per heavy atom. The van der Waals surface area contributed by atoms with Gasteiger partial charge in [-0.1, -0.05) is 27.2 Å². The van der Waals surface area contributed by atoms with E-state index in [0.717, 1.165) is 28.7 Å². The average molecular weight is 492 g/mol. The Morgan fingerprint density at radius 3 is 2.29 bits per heavy atom. The molecule has 192 valence electrons. The smallest absolute Gasteiger partial charge is 0.332 e. The van der Waals surface area contributed by atoms with Crippen LogP contribution < -0.4 is 22.3 Å². The second kappa shape index (κ2) is 9.31. The van der Waals surface area contributed by atoms with Gasteiger partial charge >= 0.3 is 17.7 Å². The molecular formula is C23H33N5O7. The summed E-state index contributed by atoms with van der Waals surface area (Å²) in [4.78, 5) is 75.4. The van der Waals surface area contributed by atoms with E-state index in [1.165, 1.54) is 14.1 Å². The van der Waals surface area contributed by atoms with Crippen molar-refractivity contribution in [1.82, 2.24) is 19.4 Å². The third-order valence-electron chi connectivity index (χ3n) is 7.74. The van der Waals surface area contributed by atoms with Gasteiger partial charge in [0.05, 0.1) is 0 Å². The van der Waals surface area contributed by atoms with Crippen LogP contribution in [0.4, 0.5) is 10.6 Å². The Labute approximate surface area is 202 Å². The average Bonchev–Trinajstić information content (AvgIpc) is 3.04. The minimum Gasteiger partial charge on any atom is -0.456 e. The quantitative estimate of drug-likeness (QED) is 0.313. The van der Waals surface area contributed by atoms with Gasteiger partial charge in [0.25, 0.3) is 11.5 Å². The third kappa shape index (κ3) is 4.61. The lowest BCUT2D eigenvalue weighted by Crippen LogP contribution is -2.51. The van der Waals surface area contributed by atoms with Gasteiger partial charge in [0.2, 0.25) is 5.78 Å². The molecule has 0 atom stereocenters. The number of nitrogens with two attached hydrogens (primary N) is 1. The number of rotatable bonds is 7. The summed E-state index contributed by atoms with van der Waals surface area (Å²) in [5.74, 6) is -2.28. The highest BCUT2D eigenvalue weighted by Gasteiger charge is 2.53. The van der Waals surface area contributed by atoms with E-state index in [9.17, 15) is 28.8 Å². The first-order valence-electron chi connectivity index (χ1n) is 11.6. The largest absolute Gasteiger partial charge is 0.456 e. The van der Waals surface area contributed by atoms with E-state index in [1.807, 2.05) is 0 Å². The Balaban J connectivity index is 1.63. The third-order valence-corrected chi connectivity index (χ3v) is 7.74. The molecule has 0 unspecified atom stereocenters. The normalized spacial score (nSPS) is 22.4. The van der Waals surface area contributed by atoms with Crippen LogP contribution >= 0.6 is 0 Å². The standard InChI is InChI=1S/C23H33N5O7/c1-6-22(2,3)13-7-9-23(10-8-13)19(32)28(20(33)25-23)11-15(30)35-12-14(29)16-17(24)26(4)21(34)27(5)18(16)31/h13H,6-12,24H2,1-5H3,(H,25,33). The van der Waals surface area contributed by atoms with Crippen molar-refractivity contribution in [2.45, 2.75) is 58.4 Å². The van der Waals surface area contributed by atoms with E-state index < -0.39 is 59.2 Å². The SMILES string of the molecule is CCC(C)(C)C1CCC2(CC1)NC(=O)N(CC(=O)OCC(=O)c1c(N)n(C)c(=O)n(C)c1=O)C2=O. The molecule has 1 aliphatic carbocycles. The van der Waals surface area contributed by atoms with Crippen molar-refractivity contribution >= 4 is 29.5 Å². The van der Waals surface area contributed by atoms with E-state index in [0.29, 0.717) is 23.3 Å². The number of anilines is 1. The summed E-state index contributed by atoms with van der Waals surface area (Å²) >= 11 is 0. The van der Waals surface area contributed by atoms with Gasteiger partial charge in [-0.3, -0.25) is 33.2 Å². The highest BCUT2D eigenvalue weighted by atomic mass is 16.5. The van der Waals surface area contributed by atoms with E-state index in [2.05, 4.69) is 26.1 Å². The van der Waals surface area contributed by atoms with E-state index >= 15 is 0 Å². The van der Waals surface area contributed by atoms with Gasteiger partial charge in [0.1, 0.15) is 23.5 Å². The van der Waals surface area contributed by atoms with Crippen molar-refractivity contribution in [3.05, 3.63) is 26.4 Å². The summed E-state index contributed by atoms with van der Waals surface area (Å²) in [6, 6.07) is -0.678. The number of nitrogen functional groups attached to an aromatic ring is 1. The Hall–Kier alpha value is -3.44. The highest BCUT2D eigenvalue weighted by molar-refractivity contribution is 6.09. The van der Waals surface area contributed by atoms with Crippen molar-refractivity contribution in [3.63, 3.8) is 0 Å². The molecule has 2 fully saturated rings. The topological polar surface area (TPSA) is 163 Å². The Bertz CT molecular complexity index is 1190. The molecule has 0 aromatic carbocycles. The van der Waals surface area contributed by atoms with Crippen LogP contribution in [0, 0.1) is 11.3 Å².